The van der Waals surface area contributed by atoms with E-state index in [-0.39, 0.29) is 17.6 Å². The fraction of sp³-hybridized carbons (Fsp3) is 0.938. The molecule has 2 atom stereocenters. The summed E-state index contributed by atoms with van der Waals surface area (Å²) in [6.45, 7) is 15.4. The molecule has 0 saturated carbocycles. The molecule has 1 rings (SSSR count). The molecule has 0 radical (unpaired) electrons. The Morgan fingerprint density at radius 2 is 1.90 bits per heavy atom. The van der Waals surface area contributed by atoms with Gasteiger partial charge in [0.2, 0.25) is 0 Å². The van der Waals surface area contributed by atoms with Gasteiger partial charge in [0, 0.05) is 37.3 Å². The van der Waals surface area contributed by atoms with Crippen LogP contribution in [0.15, 0.2) is 0 Å². The van der Waals surface area contributed by atoms with E-state index in [4.69, 9.17) is 0 Å². The summed E-state index contributed by atoms with van der Waals surface area (Å²) in [6.07, 6.45) is 0.611. The Labute approximate surface area is 129 Å². The fourth-order valence-corrected chi connectivity index (χ4v) is 3.22. The third-order valence-electron chi connectivity index (χ3n) is 4.75. The normalized spacial score (nSPS) is 24.8. The number of aliphatic carboxylic acids is 1. The minimum Gasteiger partial charge on any atom is -0.480 e. The lowest BCUT2D eigenvalue weighted by Crippen LogP contribution is -2.61. The molecule has 0 spiro atoms. The van der Waals surface area contributed by atoms with Gasteiger partial charge in [-0.15, -0.1) is 0 Å². The van der Waals surface area contributed by atoms with Gasteiger partial charge >= 0.3 is 5.97 Å². The molecular weight excluding hydrogens is 266 g/mol. The number of nitrogens with one attached hydrogen (secondary N) is 1. The van der Waals surface area contributed by atoms with Gasteiger partial charge in [0.05, 0.1) is 0 Å². The highest BCUT2D eigenvalue weighted by Crippen LogP contribution is 2.24. The summed E-state index contributed by atoms with van der Waals surface area (Å²) in [4.78, 5) is 16.5. The van der Waals surface area contributed by atoms with Crippen LogP contribution in [0.4, 0.5) is 0 Å². The first kappa shape index (κ1) is 18.4. The highest BCUT2D eigenvalue weighted by molar-refractivity contribution is 5.78. The Bertz CT molecular complexity index is 371. The van der Waals surface area contributed by atoms with Gasteiger partial charge in [-0.05, 0) is 55.0 Å². The van der Waals surface area contributed by atoms with E-state index in [9.17, 15) is 9.90 Å². The number of likely N-dealkylation sites (N-methyl/N-ethyl adjacent to an activating group) is 1. The Morgan fingerprint density at radius 1 is 1.33 bits per heavy atom. The standard InChI is InChI=1S/C16H33N3O2/c1-12(2)17-16(6,14(20)21)10-13(3)19-9-8-18(7)15(4,5)11-19/h12-13,17H,8-11H2,1-7H3,(H,20,21). The molecule has 5 nitrogen and oxygen atoms in total. The second-order valence-corrected chi connectivity index (χ2v) is 7.69. The zero-order valence-electron chi connectivity index (χ0n) is 14.7. The molecule has 2 unspecified atom stereocenters. The molecule has 0 aliphatic carbocycles. The van der Waals surface area contributed by atoms with Gasteiger partial charge in [-0.1, -0.05) is 0 Å². The molecule has 0 bridgehead atoms. The lowest BCUT2D eigenvalue weighted by molar-refractivity contribution is -0.145. The van der Waals surface area contributed by atoms with Crippen LogP contribution in [0.1, 0.15) is 48.0 Å². The maximum absolute atomic E-state index is 11.7. The smallest absolute Gasteiger partial charge is 0.323 e. The van der Waals surface area contributed by atoms with Crippen LogP contribution in [-0.4, -0.2) is 70.7 Å². The molecule has 0 aromatic heterocycles. The molecule has 1 fully saturated rings. The van der Waals surface area contributed by atoms with Crippen molar-refractivity contribution in [2.24, 2.45) is 0 Å². The van der Waals surface area contributed by atoms with Crippen molar-refractivity contribution in [3.05, 3.63) is 0 Å². The van der Waals surface area contributed by atoms with Crippen LogP contribution in [0.2, 0.25) is 0 Å². The minimum atomic E-state index is -0.874. The molecule has 1 heterocycles. The molecule has 1 saturated heterocycles. The Morgan fingerprint density at radius 3 is 2.33 bits per heavy atom. The number of rotatable bonds is 6. The van der Waals surface area contributed by atoms with Crippen LogP contribution in [0, 0.1) is 0 Å². The molecule has 0 amide bonds. The zero-order chi connectivity index (χ0) is 16.4. The second-order valence-electron chi connectivity index (χ2n) is 7.69. The van der Waals surface area contributed by atoms with Crippen LogP contribution < -0.4 is 5.32 Å². The minimum absolute atomic E-state index is 0.137. The van der Waals surface area contributed by atoms with Crippen molar-refractivity contribution < 1.29 is 9.90 Å². The van der Waals surface area contributed by atoms with E-state index in [1.54, 1.807) is 6.92 Å². The third kappa shape index (κ3) is 4.66. The lowest BCUT2D eigenvalue weighted by atomic mass is 9.90. The number of nitrogens with zero attached hydrogens (tertiary/aromatic N) is 2. The van der Waals surface area contributed by atoms with Crippen LogP contribution in [0.5, 0.6) is 0 Å². The predicted octanol–water partition coefficient (Wildman–Crippen LogP) is 1.63. The Balaban J connectivity index is 2.74. The first-order valence-corrected chi connectivity index (χ1v) is 7.94. The first-order chi connectivity index (χ1) is 9.48. The lowest BCUT2D eigenvalue weighted by Gasteiger charge is -2.48. The van der Waals surface area contributed by atoms with Crippen LogP contribution in [-0.2, 0) is 4.79 Å². The molecule has 2 N–H and O–H groups in total. The summed E-state index contributed by atoms with van der Waals surface area (Å²) in [6, 6.07) is 0.396. The van der Waals surface area contributed by atoms with Gasteiger partial charge in [0.15, 0.2) is 0 Å². The molecule has 5 heteroatoms. The number of piperazine rings is 1. The number of hydrogen-bond acceptors (Lipinski definition) is 4. The van der Waals surface area contributed by atoms with Gasteiger partial charge in [-0.25, -0.2) is 0 Å². The second kappa shape index (κ2) is 6.63. The predicted molar refractivity (Wildman–Crippen MR) is 86.7 cm³/mol. The maximum atomic E-state index is 11.7. The number of carboxylic acids is 1. The van der Waals surface area contributed by atoms with Crippen LogP contribution >= 0.6 is 0 Å². The Hall–Kier alpha value is -0.650. The van der Waals surface area contributed by atoms with Gasteiger partial charge in [0.25, 0.3) is 0 Å². The van der Waals surface area contributed by atoms with Crippen molar-refractivity contribution in [1.82, 2.24) is 15.1 Å². The summed E-state index contributed by atoms with van der Waals surface area (Å²) in [5.74, 6) is -0.767. The number of carboxylic acid groups (broad SMARTS) is 1. The SMILES string of the molecule is CC(C)NC(C)(CC(C)N1CCN(C)C(C)(C)C1)C(=O)O. The van der Waals surface area contributed by atoms with Gasteiger partial charge < -0.3 is 5.11 Å². The average Bonchev–Trinajstić information content (AvgIpc) is 2.31. The largest absolute Gasteiger partial charge is 0.480 e. The van der Waals surface area contributed by atoms with Crippen LogP contribution in [0.3, 0.4) is 0 Å². The molecule has 0 aromatic rings. The van der Waals surface area contributed by atoms with E-state index in [1.165, 1.54) is 0 Å². The van der Waals surface area contributed by atoms with E-state index in [1.807, 2.05) is 13.8 Å². The Kier molecular flexibility index (Phi) is 5.81. The number of carbonyl (C=O) groups is 1. The van der Waals surface area contributed by atoms with Gasteiger partial charge in [-0.3, -0.25) is 19.9 Å². The summed E-state index contributed by atoms with van der Waals surface area (Å²) in [7, 11) is 2.16. The van der Waals surface area contributed by atoms with Gasteiger partial charge in [0.1, 0.15) is 5.54 Å². The van der Waals surface area contributed by atoms with Crippen molar-refractivity contribution in [2.45, 2.75) is 71.1 Å². The third-order valence-corrected chi connectivity index (χ3v) is 4.75. The summed E-state index contributed by atoms with van der Waals surface area (Å²) in [5, 5.41) is 12.8. The fourth-order valence-electron chi connectivity index (χ4n) is 3.22. The van der Waals surface area contributed by atoms with E-state index >= 15 is 0 Å². The average molecular weight is 299 g/mol. The first-order valence-electron chi connectivity index (χ1n) is 7.94. The monoisotopic (exact) mass is 299 g/mol. The maximum Gasteiger partial charge on any atom is 0.323 e. The van der Waals surface area contributed by atoms with Gasteiger partial charge in [-0.2, -0.15) is 0 Å². The number of hydrogen-bond donors (Lipinski definition) is 2. The van der Waals surface area contributed by atoms with Crippen molar-refractivity contribution in [3.8, 4) is 0 Å². The van der Waals surface area contributed by atoms with Crippen molar-refractivity contribution >= 4 is 5.97 Å². The summed E-state index contributed by atoms with van der Waals surface area (Å²) >= 11 is 0. The van der Waals surface area contributed by atoms with E-state index in [2.05, 4.69) is 42.9 Å². The molecule has 0 aromatic carbocycles. The van der Waals surface area contributed by atoms with E-state index < -0.39 is 11.5 Å². The highest BCUT2D eigenvalue weighted by atomic mass is 16.4. The van der Waals surface area contributed by atoms with Crippen molar-refractivity contribution in [3.63, 3.8) is 0 Å². The quantitative estimate of drug-likeness (QED) is 0.781. The highest BCUT2D eigenvalue weighted by Gasteiger charge is 2.39. The molecular formula is C16H33N3O2. The van der Waals surface area contributed by atoms with Crippen molar-refractivity contribution in [1.29, 1.82) is 0 Å². The topological polar surface area (TPSA) is 55.8 Å². The molecule has 124 valence electrons. The molecule has 1 aliphatic rings. The zero-order valence-corrected chi connectivity index (χ0v) is 14.7. The summed E-state index contributed by atoms with van der Waals surface area (Å²) in [5.41, 5.74) is -0.737. The van der Waals surface area contributed by atoms with E-state index in [0.717, 1.165) is 19.6 Å². The molecule has 21 heavy (non-hydrogen) atoms. The summed E-state index contributed by atoms with van der Waals surface area (Å²) < 4.78 is 0. The van der Waals surface area contributed by atoms with Crippen LogP contribution in [0.25, 0.3) is 0 Å². The van der Waals surface area contributed by atoms with Crippen molar-refractivity contribution in [2.75, 3.05) is 26.7 Å². The van der Waals surface area contributed by atoms with E-state index in [0.29, 0.717) is 6.42 Å². The molecule has 1 aliphatic heterocycles.